The number of benzene rings is 1. The molecular formula is C9H8FO2. The van der Waals surface area contributed by atoms with E-state index in [2.05, 4.69) is 10.8 Å². The van der Waals surface area contributed by atoms with Gasteiger partial charge in [0.2, 0.25) is 0 Å². The van der Waals surface area contributed by atoms with E-state index in [0.29, 0.717) is 0 Å². The maximum Gasteiger partial charge on any atom is 0.338 e. The second-order valence-electron chi connectivity index (χ2n) is 2.16. The minimum Gasteiger partial charge on any atom is -0.462 e. The number of ether oxygens (including phenoxy) is 1. The molecule has 0 unspecified atom stereocenters. The summed E-state index contributed by atoms with van der Waals surface area (Å²) in [7, 11) is 0. The topological polar surface area (TPSA) is 26.3 Å². The Morgan fingerprint density at radius 2 is 2.42 bits per heavy atom. The summed E-state index contributed by atoms with van der Waals surface area (Å²) in [5.41, 5.74) is 0.192. The fraction of sp³-hybridized carbons (Fsp3) is 0.222. The van der Waals surface area contributed by atoms with Crippen molar-refractivity contribution < 1.29 is 13.9 Å². The van der Waals surface area contributed by atoms with Gasteiger partial charge in [-0.1, -0.05) is 0 Å². The lowest BCUT2D eigenvalue weighted by Crippen LogP contribution is -2.04. The van der Waals surface area contributed by atoms with Gasteiger partial charge in [0, 0.05) is 0 Å². The first-order valence-corrected chi connectivity index (χ1v) is 3.58. The van der Waals surface area contributed by atoms with Crippen LogP contribution in [-0.2, 0) is 4.74 Å². The molecule has 0 aliphatic heterocycles. The second-order valence-corrected chi connectivity index (χ2v) is 2.16. The van der Waals surface area contributed by atoms with Crippen LogP contribution in [0.25, 0.3) is 0 Å². The van der Waals surface area contributed by atoms with Crippen LogP contribution < -0.4 is 0 Å². The van der Waals surface area contributed by atoms with E-state index in [1.807, 2.05) is 0 Å². The zero-order valence-electron chi connectivity index (χ0n) is 6.63. The van der Waals surface area contributed by atoms with Crippen molar-refractivity contribution in [2.24, 2.45) is 0 Å². The molecule has 1 rings (SSSR count). The van der Waals surface area contributed by atoms with Crippen LogP contribution >= 0.6 is 0 Å². The predicted molar refractivity (Wildman–Crippen MR) is 41.2 cm³/mol. The molecule has 0 spiro atoms. The van der Waals surface area contributed by atoms with Gasteiger partial charge in [-0.25, -0.2) is 9.18 Å². The molecule has 1 aromatic rings. The van der Waals surface area contributed by atoms with E-state index in [4.69, 9.17) is 0 Å². The first-order valence-electron chi connectivity index (χ1n) is 3.58. The minimum atomic E-state index is -0.520. The highest BCUT2D eigenvalue weighted by atomic mass is 19.1. The summed E-state index contributed by atoms with van der Waals surface area (Å²) in [5.74, 6) is -1.01. The first kappa shape index (κ1) is 8.71. The molecule has 0 aliphatic carbocycles. The molecule has 63 valence electrons. The Hall–Kier alpha value is -1.38. The molecule has 0 amide bonds. The highest BCUT2D eigenvalue weighted by molar-refractivity contribution is 5.89. The molecule has 0 heterocycles. The maximum atomic E-state index is 12.5. The average molecular weight is 167 g/mol. The van der Waals surface area contributed by atoms with Gasteiger partial charge in [-0.3, -0.25) is 0 Å². The molecular weight excluding hydrogens is 159 g/mol. The Kier molecular flexibility index (Phi) is 2.80. The molecule has 1 radical (unpaired) electrons. The third-order valence-electron chi connectivity index (χ3n) is 1.26. The van der Waals surface area contributed by atoms with Crippen molar-refractivity contribution >= 4 is 5.97 Å². The van der Waals surface area contributed by atoms with Crippen molar-refractivity contribution in [2.75, 3.05) is 6.61 Å². The van der Waals surface area contributed by atoms with Crippen molar-refractivity contribution in [1.82, 2.24) is 0 Å². The quantitative estimate of drug-likeness (QED) is 0.628. The van der Waals surface area contributed by atoms with E-state index in [0.717, 1.165) is 12.1 Å². The number of hydrogen-bond donors (Lipinski definition) is 0. The Morgan fingerprint density at radius 1 is 1.67 bits per heavy atom. The van der Waals surface area contributed by atoms with Crippen molar-refractivity contribution in [3.63, 3.8) is 0 Å². The van der Waals surface area contributed by atoms with Crippen molar-refractivity contribution in [2.45, 2.75) is 6.92 Å². The second kappa shape index (κ2) is 3.85. The van der Waals surface area contributed by atoms with Crippen LogP contribution in [0.15, 0.2) is 18.2 Å². The lowest BCUT2D eigenvalue weighted by atomic mass is 10.2. The van der Waals surface area contributed by atoms with Gasteiger partial charge in [-0.2, -0.15) is 0 Å². The normalized spacial score (nSPS) is 9.50. The van der Waals surface area contributed by atoms with E-state index in [1.165, 1.54) is 6.07 Å². The Labute approximate surface area is 70.0 Å². The van der Waals surface area contributed by atoms with Gasteiger partial charge < -0.3 is 4.74 Å². The van der Waals surface area contributed by atoms with Gasteiger partial charge in [-0.05, 0) is 31.2 Å². The fourth-order valence-corrected chi connectivity index (χ4v) is 0.775. The number of carbonyl (C=O) groups is 1. The van der Waals surface area contributed by atoms with Crippen LogP contribution in [0.1, 0.15) is 17.3 Å². The lowest BCUT2D eigenvalue weighted by Gasteiger charge is -1.99. The van der Waals surface area contributed by atoms with Crippen LogP contribution in [0.4, 0.5) is 4.39 Å². The van der Waals surface area contributed by atoms with Gasteiger partial charge in [0.25, 0.3) is 0 Å². The summed E-state index contributed by atoms with van der Waals surface area (Å²) in [6, 6.07) is 6.16. The van der Waals surface area contributed by atoms with E-state index < -0.39 is 11.8 Å². The Balaban J connectivity index is 2.81. The molecule has 0 atom stereocenters. The summed E-state index contributed by atoms with van der Waals surface area (Å²) in [5, 5.41) is 0. The zero-order chi connectivity index (χ0) is 8.97. The van der Waals surface area contributed by atoms with Crippen molar-refractivity contribution in [3.05, 3.63) is 35.6 Å². The third kappa shape index (κ3) is 2.05. The first-order chi connectivity index (χ1) is 5.74. The predicted octanol–water partition coefficient (Wildman–Crippen LogP) is 1.80. The van der Waals surface area contributed by atoms with E-state index in [9.17, 15) is 9.18 Å². The molecule has 0 fully saturated rings. The number of carbonyl (C=O) groups excluding carboxylic acids is 1. The third-order valence-corrected chi connectivity index (χ3v) is 1.26. The van der Waals surface area contributed by atoms with Gasteiger partial charge in [0.15, 0.2) is 0 Å². The summed E-state index contributed by atoms with van der Waals surface area (Å²) >= 11 is 0. The number of rotatable bonds is 2. The number of halogens is 1. The van der Waals surface area contributed by atoms with Gasteiger partial charge in [0.1, 0.15) is 5.82 Å². The van der Waals surface area contributed by atoms with Gasteiger partial charge >= 0.3 is 5.97 Å². The summed E-state index contributed by atoms with van der Waals surface area (Å²) < 4.78 is 17.2. The van der Waals surface area contributed by atoms with Crippen LogP contribution in [0, 0.1) is 11.9 Å². The molecule has 0 N–H and O–H groups in total. The highest BCUT2D eigenvalue weighted by Crippen LogP contribution is 2.04. The number of hydrogen-bond acceptors (Lipinski definition) is 2. The van der Waals surface area contributed by atoms with Crippen LogP contribution in [0.3, 0.4) is 0 Å². The van der Waals surface area contributed by atoms with E-state index in [1.54, 1.807) is 6.92 Å². The molecule has 0 aliphatic rings. The lowest BCUT2D eigenvalue weighted by molar-refractivity contribution is 0.0526. The van der Waals surface area contributed by atoms with Gasteiger partial charge in [0.05, 0.1) is 12.2 Å². The summed E-state index contributed by atoms with van der Waals surface area (Å²) in [6.45, 7) is 1.98. The van der Waals surface area contributed by atoms with Crippen LogP contribution in [-0.4, -0.2) is 12.6 Å². The van der Waals surface area contributed by atoms with E-state index in [-0.39, 0.29) is 12.2 Å². The molecule has 0 bridgehead atoms. The van der Waals surface area contributed by atoms with Crippen LogP contribution in [0.2, 0.25) is 0 Å². The molecule has 1 aromatic carbocycles. The molecule has 12 heavy (non-hydrogen) atoms. The standard InChI is InChI=1S/C9H8FO2/c1-2-12-9(11)7-4-3-5-8(10)6-7/h4-6H,2H2,1H3. The zero-order valence-corrected chi connectivity index (χ0v) is 6.63. The number of esters is 1. The molecule has 3 heteroatoms. The van der Waals surface area contributed by atoms with Crippen molar-refractivity contribution in [3.8, 4) is 0 Å². The molecule has 0 saturated heterocycles. The summed E-state index contributed by atoms with van der Waals surface area (Å²) in [4.78, 5) is 11.0. The van der Waals surface area contributed by atoms with E-state index >= 15 is 0 Å². The molecule has 2 nitrogen and oxygen atoms in total. The SMILES string of the molecule is CCOC(=O)c1c[c]cc(F)c1. The van der Waals surface area contributed by atoms with Crippen molar-refractivity contribution in [1.29, 1.82) is 0 Å². The maximum absolute atomic E-state index is 12.5. The largest absolute Gasteiger partial charge is 0.462 e. The fourth-order valence-electron chi connectivity index (χ4n) is 0.775. The monoisotopic (exact) mass is 167 g/mol. The molecule has 0 aromatic heterocycles. The average Bonchev–Trinajstić information content (AvgIpc) is 2.05. The van der Waals surface area contributed by atoms with Gasteiger partial charge in [-0.15, -0.1) is 0 Å². The Bertz CT molecular complexity index is 284. The summed E-state index contributed by atoms with van der Waals surface area (Å²) in [6.07, 6.45) is 0. The molecule has 0 saturated carbocycles. The Morgan fingerprint density at radius 3 is 3.00 bits per heavy atom. The highest BCUT2D eigenvalue weighted by Gasteiger charge is 2.05. The van der Waals surface area contributed by atoms with Crippen LogP contribution in [0.5, 0.6) is 0 Å². The minimum absolute atomic E-state index is 0.192. The smallest absolute Gasteiger partial charge is 0.338 e.